The SMILES string of the molecule is O=C(Cc1cccc2ccccc12)C1CCCOC1. The van der Waals surface area contributed by atoms with E-state index >= 15 is 0 Å². The molecule has 0 saturated carbocycles. The van der Waals surface area contributed by atoms with E-state index in [1.54, 1.807) is 0 Å². The summed E-state index contributed by atoms with van der Waals surface area (Å²) in [5.41, 5.74) is 1.13. The number of fused-ring (bicyclic) bond motifs is 1. The zero-order valence-corrected chi connectivity index (χ0v) is 11.0. The van der Waals surface area contributed by atoms with Crippen molar-refractivity contribution in [3.8, 4) is 0 Å². The molecule has 0 aliphatic carbocycles. The summed E-state index contributed by atoms with van der Waals surface area (Å²) in [4.78, 5) is 12.3. The van der Waals surface area contributed by atoms with Crippen molar-refractivity contribution >= 4 is 16.6 Å². The maximum absolute atomic E-state index is 12.3. The van der Waals surface area contributed by atoms with E-state index in [1.165, 1.54) is 10.8 Å². The predicted octanol–water partition coefficient (Wildman–Crippen LogP) is 3.38. The van der Waals surface area contributed by atoms with Gasteiger partial charge >= 0.3 is 0 Å². The zero-order chi connectivity index (χ0) is 13.1. The first kappa shape index (κ1) is 12.4. The molecule has 2 aromatic carbocycles. The third-order valence-corrected chi connectivity index (χ3v) is 3.86. The van der Waals surface area contributed by atoms with Crippen molar-refractivity contribution in [1.29, 1.82) is 0 Å². The number of Topliss-reactive ketones (excluding diaryl/α,β-unsaturated/α-hetero) is 1. The molecule has 0 aromatic heterocycles. The molecule has 1 atom stereocenters. The number of benzene rings is 2. The van der Waals surface area contributed by atoms with Gasteiger partial charge in [-0.05, 0) is 29.2 Å². The van der Waals surface area contributed by atoms with Crippen LogP contribution < -0.4 is 0 Å². The molecule has 98 valence electrons. The Balaban J connectivity index is 1.82. The van der Waals surface area contributed by atoms with E-state index < -0.39 is 0 Å². The molecule has 1 aliphatic heterocycles. The zero-order valence-electron chi connectivity index (χ0n) is 11.0. The van der Waals surface area contributed by atoms with E-state index in [-0.39, 0.29) is 5.92 Å². The molecule has 2 nitrogen and oxygen atoms in total. The normalized spacial score (nSPS) is 19.5. The summed E-state index contributed by atoms with van der Waals surface area (Å²) in [5.74, 6) is 0.406. The van der Waals surface area contributed by atoms with Gasteiger partial charge in [0, 0.05) is 18.9 Å². The van der Waals surface area contributed by atoms with Gasteiger partial charge in [-0.2, -0.15) is 0 Å². The smallest absolute Gasteiger partial charge is 0.142 e. The van der Waals surface area contributed by atoms with Crippen LogP contribution in [0.25, 0.3) is 10.8 Å². The molecule has 0 spiro atoms. The van der Waals surface area contributed by atoms with Gasteiger partial charge in [-0.25, -0.2) is 0 Å². The second-order valence-corrected chi connectivity index (χ2v) is 5.20. The highest BCUT2D eigenvalue weighted by Crippen LogP contribution is 2.22. The van der Waals surface area contributed by atoms with Crippen LogP contribution in [0.3, 0.4) is 0 Å². The Morgan fingerprint density at radius 2 is 2.00 bits per heavy atom. The Morgan fingerprint density at radius 3 is 2.84 bits per heavy atom. The van der Waals surface area contributed by atoms with Crippen molar-refractivity contribution < 1.29 is 9.53 Å². The first-order chi connectivity index (χ1) is 9.34. The van der Waals surface area contributed by atoms with Crippen LogP contribution in [-0.2, 0) is 16.0 Å². The lowest BCUT2D eigenvalue weighted by atomic mass is 9.91. The van der Waals surface area contributed by atoms with E-state index in [2.05, 4.69) is 24.3 Å². The van der Waals surface area contributed by atoms with Crippen LogP contribution >= 0.6 is 0 Å². The van der Waals surface area contributed by atoms with Crippen LogP contribution in [0.2, 0.25) is 0 Å². The van der Waals surface area contributed by atoms with Crippen LogP contribution in [0.5, 0.6) is 0 Å². The molecule has 1 heterocycles. The highest BCUT2D eigenvalue weighted by atomic mass is 16.5. The maximum Gasteiger partial charge on any atom is 0.142 e. The first-order valence-corrected chi connectivity index (χ1v) is 6.92. The summed E-state index contributed by atoms with van der Waals surface area (Å²) in [6.07, 6.45) is 2.50. The highest BCUT2D eigenvalue weighted by molar-refractivity contribution is 5.91. The largest absolute Gasteiger partial charge is 0.381 e. The van der Waals surface area contributed by atoms with E-state index in [0.29, 0.717) is 18.8 Å². The number of rotatable bonds is 3. The summed E-state index contributed by atoms with van der Waals surface area (Å²) in [7, 11) is 0. The maximum atomic E-state index is 12.3. The van der Waals surface area contributed by atoms with Crippen molar-refractivity contribution in [3.05, 3.63) is 48.0 Å². The number of carbonyl (C=O) groups is 1. The van der Waals surface area contributed by atoms with E-state index in [4.69, 9.17) is 4.74 Å². The number of hydrogen-bond donors (Lipinski definition) is 0. The van der Waals surface area contributed by atoms with E-state index in [0.717, 1.165) is 25.0 Å². The molecule has 0 amide bonds. The van der Waals surface area contributed by atoms with E-state index in [9.17, 15) is 4.79 Å². The highest BCUT2D eigenvalue weighted by Gasteiger charge is 2.22. The number of hydrogen-bond acceptors (Lipinski definition) is 2. The summed E-state index contributed by atoms with van der Waals surface area (Å²) in [6, 6.07) is 14.4. The molecule has 1 fully saturated rings. The lowest BCUT2D eigenvalue weighted by molar-refractivity contribution is -0.126. The average Bonchev–Trinajstić information content (AvgIpc) is 2.48. The molecular weight excluding hydrogens is 236 g/mol. The molecule has 2 heteroatoms. The molecule has 19 heavy (non-hydrogen) atoms. The Labute approximate surface area is 113 Å². The molecule has 2 aromatic rings. The molecule has 0 bridgehead atoms. The summed E-state index contributed by atoms with van der Waals surface area (Å²) >= 11 is 0. The van der Waals surface area contributed by atoms with Gasteiger partial charge in [-0.1, -0.05) is 42.5 Å². The third kappa shape index (κ3) is 2.69. The fourth-order valence-electron chi connectivity index (χ4n) is 2.77. The van der Waals surface area contributed by atoms with E-state index in [1.807, 2.05) is 18.2 Å². The Bertz CT molecular complexity index is 577. The summed E-state index contributed by atoms with van der Waals surface area (Å²) < 4.78 is 5.41. The van der Waals surface area contributed by atoms with Crippen LogP contribution in [0.1, 0.15) is 18.4 Å². The lowest BCUT2D eigenvalue weighted by Gasteiger charge is -2.21. The van der Waals surface area contributed by atoms with Gasteiger partial charge < -0.3 is 4.74 Å². The monoisotopic (exact) mass is 254 g/mol. The van der Waals surface area contributed by atoms with Crippen molar-refractivity contribution in [2.45, 2.75) is 19.3 Å². The molecule has 1 aliphatic rings. The van der Waals surface area contributed by atoms with Crippen LogP contribution in [0.4, 0.5) is 0 Å². The second kappa shape index (κ2) is 5.54. The van der Waals surface area contributed by atoms with Crippen LogP contribution in [-0.4, -0.2) is 19.0 Å². The molecular formula is C17H18O2. The van der Waals surface area contributed by atoms with Gasteiger partial charge in [0.1, 0.15) is 5.78 Å². The van der Waals surface area contributed by atoms with Gasteiger partial charge in [0.15, 0.2) is 0 Å². The Hall–Kier alpha value is -1.67. The Morgan fingerprint density at radius 1 is 1.16 bits per heavy atom. The number of carbonyl (C=O) groups excluding carboxylic acids is 1. The Kier molecular flexibility index (Phi) is 3.60. The van der Waals surface area contributed by atoms with Gasteiger partial charge in [0.25, 0.3) is 0 Å². The second-order valence-electron chi connectivity index (χ2n) is 5.20. The quantitative estimate of drug-likeness (QED) is 0.839. The van der Waals surface area contributed by atoms with Gasteiger partial charge in [0.2, 0.25) is 0 Å². The minimum atomic E-state index is 0.0905. The van der Waals surface area contributed by atoms with Gasteiger partial charge in [-0.3, -0.25) is 4.79 Å². The first-order valence-electron chi connectivity index (χ1n) is 6.92. The lowest BCUT2D eigenvalue weighted by Crippen LogP contribution is -2.26. The molecule has 0 N–H and O–H groups in total. The predicted molar refractivity (Wildman–Crippen MR) is 76.2 cm³/mol. The third-order valence-electron chi connectivity index (χ3n) is 3.86. The molecule has 3 rings (SSSR count). The minimum absolute atomic E-state index is 0.0905. The number of ether oxygens (including phenoxy) is 1. The molecule has 0 radical (unpaired) electrons. The van der Waals surface area contributed by atoms with Crippen molar-refractivity contribution in [1.82, 2.24) is 0 Å². The summed E-state index contributed by atoms with van der Waals surface area (Å²) in [5, 5.41) is 2.39. The van der Waals surface area contributed by atoms with Gasteiger partial charge in [-0.15, -0.1) is 0 Å². The topological polar surface area (TPSA) is 26.3 Å². The fourth-order valence-corrected chi connectivity index (χ4v) is 2.77. The molecule has 1 unspecified atom stereocenters. The number of ketones is 1. The average molecular weight is 254 g/mol. The minimum Gasteiger partial charge on any atom is -0.381 e. The summed E-state index contributed by atoms with van der Waals surface area (Å²) in [6.45, 7) is 1.40. The van der Waals surface area contributed by atoms with Gasteiger partial charge in [0.05, 0.1) is 6.61 Å². The molecule has 1 saturated heterocycles. The van der Waals surface area contributed by atoms with Crippen molar-refractivity contribution in [2.24, 2.45) is 5.92 Å². The standard InChI is InChI=1S/C17H18O2/c18-17(15-8-4-10-19-12-15)11-14-7-3-6-13-5-1-2-9-16(13)14/h1-3,5-7,9,15H,4,8,10-12H2. The van der Waals surface area contributed by atoms with Crippen molar-refractivity contribution in [3.63, 3.8) is 0 Å². The fraction of sp³-hybridized carbons (Fsp3) is 0.353. The van der Waals surface area contributed by atoms with Crippen LogP contribution in [0, 0.1) is 5.92 Å². The van der Waals surface area contributed by atoms with Crippen LogP contribution in [0.15, 0.2) is 42.5 Å². The van der Waals surface area contributed by atoms with Crippen molar-refractivity contribution in [2.75, 3.05) is 13.2 Å².